The Morgan fingerprint density at radius 1 is 0.935 bits per heavy atom. The lowest BCUT2D eigenvalue weighted by molar-refractivity contribution is -0.140. The Kier molecular flexibility index (Phi) is 10.4. The fourth-order valence-electron chi connectivity index (χ4n) is 3.19. The summed E-state index contributed by atoms with van der Waals surface area (Å²) in [5, 5.41) is 4.78. The standard InChI is InChI=1S/C23H26Cl4N2O2/c1-3-5-10-28-23(31)21(4-2)29(14-16-7-9-18(25)13-20(16)27)22(30)11-15-6-8-17(24)12-19(15)26/h6-9,12-13,21H,3-5,10-11,14H2,1-2H3,(H,28,31). The van der Waals surface area contributed by atoms with E-state index >= 15 is 0 Å². The summed E-state index contributed by atoms with van der Waals surface area (Å²) in [5.41, 5.74) is 1.35. The van der Waals surface area contributed by atoms with Crippen molar-refractivity contribution in [3.8, 4) is 0 Å². The number of hydrogen-bond donors (Lipinski definition) is 1. The first kappa shape index (κ1) is 25.8. The third-order valence-corrected chi connectivity index (χ3v) is 6.10. The molecule has 0 heterocycles. The number of carbonyl (C=O) groups excluding carboxylic acids is 2. The molecule has 0 saturated carbocycles. The van der Waals surface area contributed by atoms with Crippen molar-refractivity contribution >= 4 is 58.2 Å². The highest BCUT2D eigenvalue weighted by Gasteiger charge is 2.29. The molecular weight excluding hydrogens is 478 g/mol. The Morgan fingerprint density at radius 2 is 1.52 bits per heavy atom. The van der Waals surface area contributed by atoms with Gasteiger partial charge in [0.15, 0.2) is 0 Å². The lowest BCUT2D eigenvalue weighted by Crippen LogP contribution is -2.49. The van der Waals surface area contributed by atoms with Gasteiger partial charge in [-0.25, -0.2) is 0 Å². The van der Waals surface area contributed by atoms with E-state index < -0.39 is 6.04 Å². The van der Waals surface area contributed by atoms with Crippen molar-refractivity contribution < 1.29 is 9.59 Å². The predicted molar refractivity (Wildman–Crippen MR) is 129 cm³/mol. The van der Waals surface area contributed by atoms with Crippen molar-refractivity contribution in [3.05, 3.63) is 67.6 Å². The maximum absolute atomic E-state index is 13.4. The van der Waals surface area contributed by atoms with Gasteiger partial charge in [-0.3, -0.25) is 9.59 Å². The highest BCUT2D eigenvalue weighted by atomic mass is 35.5. The minimum atomic E-state index is -0.637. The molecule has 0 saturated heterocycles. The summed E-state index contributed by atoms with van der Waals surface area (Å²) in [4.78, 5) is 27.8. The normalized spacial score (nSPS) is 11.8. The molecule has 2 rings (SSSR count). The molecule has 1 N–H and O–H groups in total. The lowest BCUT2D eigenvalue weighted by Gasteiger charge is -2.31. The Bertz CT molecular complexity index is 920. The molecule has 2 amide bonds. The monoisotopic (exact) mass is 502 g/mol. The van der Waals surface area contributed by atoms with E-state index in [2.05, 4.69) is 12.2 Å². The maximum Gasteiger partial charge on any atom is 0.242 e. The summed E-state index contributed by atoms with van der Waals surface area (Å²) in [6.07, 6.45) is 2.35. The molecule has 0 radical (unpaired) electrons. The molecule has 2 aromatic rings. The first-order valence-electron chi connectivity index (χ1n) is 10.2. The largest absolute Gasteiger partial charge is 0.354 e. The molecule has 0 bridgehead atoms. The van der Waals surface area contributed by atoms with Crippen LogP contribution < -0.4 is 5.32 Å². The van der Waals surface area contributed by atoms with Crippen LogP contribution in [-0.4, -0.2) is 29.3 Å². The van der Waals surface area contributed by atoms with Crippen LogP contribution in [0.25, 0.3) is 0 Å². The number of nitrogens with one attached hydrogen (secondary N) is 1. The first-order valence-corrected chi connectivity index (χ1v) is 11.7. The van der Waals surface area contributed by atoms with Gasteiger partial charge in [0.1, 0.15) is 6.04 Å². The molecule has 1 atom stereocenters. The molecule has 0 aliphatic heterocycles. The van der Waals surface area contributed by atoms with Crippen molar-refractivity contribution in [3.63, 3.8) is 0 Å². The zero-order valence-electron chi connectivity index (χ0n) is 17.6. The smallest absolute Gasteiger partial charge is 0.242 e. The third kappa shape index (κ3) is 7.57. The number of hydrogen-bond acceptors (Lipinski definition) is 2. The minimum absolute atomic E-state index is 0.0416. The van der Waals surface area contributed by atoms with E-state index in [-0.39, 0.29) is 24.8 Å². The number of benzene rings is 2. The van der Waals surface area contributed by atoms with E-state index in [1.54, 1.807) is 41.3 Å². The second-order valence-corrected chi connectivity index (χ2v) is 8.93. The topological polar surface area (TPSA) is 49.4 Å². The summed E-state index contributed by atoms with van der Waals surface area (Å²) in [7, 11) is 0. The van der Waals surface area contributed by atoms with Gasteiger partial charge in [-0.2, -0.15) is 0 Å². The average Bonchev–Trinajstić information content (AvgIpc) is 2.71. The maximum atomic E-state index is 13.4. The molecule has 0 aromatic heterocycles. The quantitative estimate of drug-likeness (QED) is 0.373. The van der Waals surface area contributed by atoms with Crippen LogP contribution in [-0.2, 0) is 22.6 Å². The summed E-state index contributed by atoms with van der Waals surface area (Å²) in [5.74, 6) is -0.413. The van der Waals surface area contributed by atoms with E-state index in [4.69, 9.17) is 46.4 Å². The van der Waals surface area contributed by atoms with Crippen LogP contribution >= 0.6 is 46.4 Å². The lowest BCUT2D eigenvalue weighted by atomic mass is 10.1. The highest BCUT2D eigenvalue weighted by molar-refractivity contribution is 6.35. The van der Waals surface area contributed by atoms with Crippen LogP contribution in [0.2, 0.25) is 20.1 Å². The third-order valence-electron chi connectivity index (χ3n) is 4.93. The number of rotatable bonds is 10. The van der Waals surface area contributed by atoms with Gasteiger partial charge >= 0.3 is 0 Å². The van der Waals surface area contributed by atoms with Crippen molar-refractivity contribution in [2.45, 2.75) is 52.1 Å². The van der Waals surface area contributed by atoms with Crippen molar-refractivity contribution in [2.75, 3.05) is 6.54 Å². The number of unbranched alkanes of at least 4 members (excludes halogenated alkanes) is 1. The summed E-state index contributed by atoms with van der Waals surface area (Å²) in [6.45, 7) is 4.68. The van der Waals surface area contributed by atoms with E-state index in [1.807, 2.05) is 6.92 Å². The zero-order valence-corrected chi connectivity index (χ0v) is 20.6. The van der Waals surface area contributed by atoms with Crippen LogP contribution in [0.15, 0.2) is 36.4 Å². The van der Waals surface area contributed by atoms with Crippen molar-refractivity contribution in [1.29, 1.82) is 0 Å². The van der Waals surface area contributed by atoms with Gasteiger partial charge < -0.3 is 10.2 Å². The fourth-order valence-corrected chi connectivity index (χ4v) is 4.13. The summed E-state index contributed by atoms with van der Waals surface area (Å²) < 4.78 is 0. The van der Waals surface area contributed by atoms with Crippen LogP contribution in [0.4, 0.5) is 0 Å². The van der Waals surface area contributed by atoms with Crippen molar-refractivity contribution in [2.24, 2.45) is 0 Å². The van der Waals surface area contributed by atoms with E-state index in [1.165, 1.54) is 0 Å². The number of nitrogens with zero attached hydrogens (tertiary/aromatic N) is 1. The molecular formula is C23H26Cl4N2O2. The second-order valence-electron chi connectivity index (χ2n) is 7.24. The molecule has 1 unspecified atom stereocenters. The summed E-state index contributed by atoms with van der Waals surface area (Å²) >= 11 is 24.6. The molecule has 2 aromatic carbocycles. The molecule has 0 fully saturated rings. The Morgan fingerprint density at radius 3 is 2.03 bits per heavy atom. The molecule has 4 nitrogen and oxygen atoms in total. The van der Waals surface area contributed by atoms with Gasteiger partial charge in [-0.1, -0.05) is 78.8 Å². The first-order chi connectivity index (χ1) is 14.8. The van der Waals surface area contributed by atoms with E-state index in [0.29, 0.717) is 44.2 Å². The van der Waals surface area contributed by atoms with Crippen LogP contribution in [0.3, 0.4) is 0 Å². The minimum Gasteiger partial charge on any atom is -0.354 e. The summed E-state index contributed by atoms with van der Waals surface area (Å²) in [6, 6.07) is 9.47. The number of carbonyl (C=O) groups is 2. The van der Waals surface area contributed by atoms with Gasteiger partial charge in [-0.15, -0.1) is 0 Å². The van der Waals surface area contributed by atoms with Gasteiger partial charge in [-0.05, 0) is 48.2 Å². The van der Waals surface area contributed by atoms with Crippen molar-refractivity contribution in [1.82, 2.24) is 10.2 Å². The van der Waals surface area contributed by atoms with E-state index in [0.717, 1.165) is 12.8 Å². The van der Waals surface area contributed by atoms with Gasteiger partial charge in [0.25, 0.3) is 0 Å². The van der Waals surface area contributed by atoms with Gasteiger partial charge in [0.05, 0.1) is 6.42 Å². The zero-order chi connectivity index (χ0) is 23.0. The van der Waals surface area contributed by atoms with Gasteiger partial charge in [0.2, 0.25) is 11.8 Å². The molecule has 0 spiro atoms. The van der Waals surface area contributed by atoms with E-state index in [9.17, 15) is 9.59 Å². The molecule has 0 aliphatic carbocycles. The Balaban J connectivity index is 2.32. The van der Waals surface area contributed by atoms with Crippen LogP contribution in [0.1, 0.15) is 44.2 Å². The second kappa shape index (κ2) is 12.5. The predicted octanol–water partition coefficient (Wildman–Crippen LogP) is 6.57. The highest BCUT2D eigenvalue weighted by Crippen LogP contribution is 2.26. The molecule has 8 heteroatoms. The SMILES string of the molecule is CCCCNC(=O)C(CC)N(Cc1ccc(Cl)cc1Cl)C(=O)Cc1ccc(Cl)cc1Cl. The molecule has 168 valence electrons. The Labute approximate surface area is 203 Å². The molecule has 0 aliphatic rings. The van der Waals surface area contributed by atoms with Crippen LogP contribution in [0, 0.1) is 0 Å². The van der Waals surface area contributed by atoms with Gasteiger partial charge in [0, 0.05) is 33.2 Å². The Hall–Kier alpha value is -1.46. The molecule has 31 heavy (non-hydrogen) atoms. The number of amides is 2. The van der Waals surface area contributed by atoms with Crippen LogP contribution in [0.5, 0.6) is 0 Å². The number of halogens is 4. The fraction of sp³-hybridized carbons (Fsp3) is 0.391. The average molecular weight is 504 g/mol.